The molecule has 1 heterocycles. The Labute approximate surface area is 240 Å². The summed E-state index contributed by atoms with van der Waals surface area (Å²) in [6.07, 6.45) is 2.89. The zero-order valence-electron chi connectivity index (χ0n) is 24.0. The summed E-state index contributed by atoms with van der Waals surface area (Å²) >= 11 is 1.58. The number of dihydropyridines is 1. The highest BCUT2D eigenvalue weighted by molar-refractivity contribution is 7.98. The number of benzene rings is 2. The molecule has 0 radical (unpaired) electrons. The number of hydrogen-bond acceptors (Lipinski definition) is 8. The number of esters is 2. The summed E-state index contributed by atoms with van der Waals surface area (Å²) in [4.78, 5) is 39.9. The molecule has 2 aromatic rings. The molecule has 40 heavy (non-hydrogen) atoms. The van der Waals surface area contributed by atoms with Crippen LogP contribution in [0.3, 0.4) is 0 Å². The maximum atomic E-state index is 13.6. The van der Waals surface area contributed by atoms with Gasteiger partial charge in [0, 0.05) is 23.2 Å². The standard InChI is InChI=1S/C31H38N2O6S/c1-7-38-30(35)27-19(3)32-26(17-16-25(33-20(4)34)21-12-14-23(37-5)15-13-21)29(31(36)39-8-2)28(27)22-10-9-11-24(18-22)40-6/h9-15,18,25,28,32H,7-8,16-17H2,1-6H3,(H,33,34). The number of ether oxygens (including phenoxy) is 3. The first-order valence-corrected chi connectivity index (χ1v) is 14.6. The van der Waals surface area contributed by atoms with Crippen molar-refractivity contribution in [2.24, 2.45) is 0 Å². The second kappa shape index (κ2) is 14.6. The van der Waals surface area contributed by atoms with Crippen LogP contribution in [-0.2, 0) is 23.9 Å². The molecule has 0 aliphatic carbocycles. The zero-order chi connectivity index (χ0) is 29.2. The highest BCUT2D eigenvalue weighted by Crippen LogP contribution is 2.41. The fourth-order valence-electron chi connectivity index (χ4n) is 4.87. The molecule has 0 spiro atoms. The van der Waals surface area contributed by atoms with Crippen molar-refractivity contribution in [1.82, 2.24) is 10.6 Å². The Morgan fingerprint density at radius 3 is 2.23 bits per heavy atom. The third-order valence-electron chi connectivity index (χ3n) is 6.64. The van der Waals surface area contributed by atoms with E-state index in [2.05, 4.69) is 10.6 Å². The van der Waals surface area contributed by atoms with Gasteiger partial charge in [0.25, 0.3) is 0 Å². The van der Waals surface area contributed by atoms with Gasteiger partial charge >= 0.3 is 11.9 Å². The molecule has 8 nitrogen and oxygen atoms in total. The molecule has 2 N–H and O–H groups in total. The van der Waals surface area contributed by atoms with E-state index in [9.17, 15) is 14.4 Å². The summed E-state index contributed by atoms with van der Waals surface area (Å²) < 4.78 is 16.2. The summed E-state index contributed by atoms with van der Waals surface area (Å²) in [5.41, 5.74) is 3.71. The average molecular weight is 567 g/mol. The Balaban J connectivity index is 2.11. The summed E-state index contributed by atoms with van der Waals surface area (Å²) in [7, 11) is 1.60. The Hall–Kier alpha value is -3.72. The first-order valence-electron chi connectivity index (χ1n) is 13.3. The van der Waals surface area contributed by atoms with Crippen molar-refractivity contribution in [3.8, 4) is 5.75 Å². The van der Waals surface area contributed by atoms with E-state index < -0.39 is 17.9 Å². The van der Waals surface area contributed by atoms with E-state index in [1.54, 1.807) is 32.7 Å². The molecule has 9 heteroatoms. The summed E-state index contributed by atoms with van der Waals surface area (Å²) in [5.74, 6) is -1.11. The molecule has 2 aromatic carbocycles. The number of methoxy groups -OCH3 is 1. The van der Waals surface area contributed by atoms with E-state index in [1.807, 2.05) is 61.7 Å². The molecule has 214 valence electrons. The Kier molecular flexibility index (Phi) is 11.3. The van der Waals surface area contributed by atoms with Crippen molar-refractivity contribution in [2.75, 3.05) is 26.6 Å². The highest BCUT2D eigenvalue weighted by atomic mass is 32.2. The van der Waals surface area contributed by atoms with Crippen molar-refractivity contribution >= 4 is 29.6 Å². The average Bonchev–Trinajstić information content (AvgIpc) is 2.94. The minimum Gasteiger partial charge on any atom is -0.497 e. The molecule has 0 bridgehead atoms. The third-order valence-corrected chi connectivity index (χ3v) is 7.37. The lowest BCUT2D eigenvalue weighted by atomic mass is 9.79. The number of carbonyl (C=O) groups excluding carboxylic acids is 3. The van der Waals surface area contributed by atoms with Crippen LogP contribution in [0, 0.1) is 0 Å². The van der Waals surface area contributed by atoms with Gasteiger partial charge in [0.2, 0.25) is 5.91 Å². The van der Waals surface area contributed by atoms with Gasteiger partial charge in [-0.3, -0.25) is 4.79 Å². The Bertz CT molecular complexity index is 1280. The van der Waals surface area contributed by atoms with Gasteiger partial charge in [-0.05, 0) is 75.3 Å². The van der Waals surface area contributed by atoms with Crippen LogP contribution < -0.4 is 15.4 Å². The van der Waals surface area contributed by atoms with Gasteiger partial charge in [0.15, 0.2) is 0 Å². The summed E-state index contributed by atoms with van der Waals surface area (Å²) in [6.45, 7) is 7.19. The van der Waals surface area contributed by atoms with Gasteiger partial charge in [0.1, 0.15) is 5.75 Å². The SMILES string of the molecule is CCOC(=O)C1=C(C)NC(CCC(NC(C)=O)c2ccc(OC)cc2)=C(C(=O)OCC)C1c1cccc(SC)c1. The first kappa shape index (κ1) is 30.8. The summed E-state index contributed by atoms with van der Waals surface area (Å²) in [6, 6.07) is 15.0. The topological polar surface area (TPSA) is 103 Å². The van der Waals surface area contributed by atoms with E-state index in [0.29, 0.717) is 41.1 Å². The Morgan fingerprint density at radius 1 is 1.00 bits per heavy atom. The number of allylic oxidation sites excluding steroid dienone is 2. The fraction of sp³-hybridized carbons (Fsp3) is 0.387. The van der Waals surface area contributed by atoms with Crippen molar-refractivity contribution in [3.63, 3.8) is 0 Å². The lowest BCUT2D eigenvalue weighted by molar-refractivity contribution is -0.139. The largest absolute Gasteiger partial charge is 0.497 e. The molecule has 1 aliphatic heterocycles. The van der Waals surface area contributed by atoms with Gasteiger partial charge in [-0.1, -0.05) is 24.3 Å². The minimum absolute atomic E-state index is 0.163. The molecule has 1 aliphatic rings. The fourth-order valence-corrected chi connectivity index (χ4v) is 5.34. The highest BCUT2D eigenvalue weighted by Gasteiger charge is 2.39. The molecular weight excluding hydrogens is 528 g/mol. The summed E-state index contributed by atoms with van der Waals surface area (Å²) in [5, 5.41) is 6.34. The number of rotatable bonds is 12. The van der Waals surface area contributed by atoms with Gasteiger partial charge in [-0.25, -0.2) is 9.59 Å². The van der Waals surface area contributed by atoms with Crippen LogP contribution >= 0.6 is 11.8 Å². The molecule has 0 aromatic heterocycles. The van der Waals surface area contributed by atoms with Crippen LogP contribution in [-0.4, -0.2) is 44.4 Å². The number of nitrogens with one attached hydrogen (secondary N) is 2. The van der Waals surface area contributed by atoms with Crippen LogP contribution in [0.4, 0.5) is 0 Å². The molecule has 0 fully saturated rings. The van der Waals surface area contributed by atoms with Crippen LogP contribution in [0.5, 0.6) is 5.75 Å². The van der Waals surface area contributed by atoms with Gasteiger partial charge in [0.05, 0.1) is 43.4 Å². The molecule has 0 saturated heterocycles. The number of hydrogen-bond donors (Lipinski definition) is 2. The van der Waals surface area contributed by atoms with E-state index in [1.165, 1.54) is 6.92 Å². The van der Waals surface area contributed by atoms with Crippen molar-refractivity contribution in [3.05, 3.63) is 82.2 Å². The second-order valence-electron chi connectivity index (χ2n) is 9.27. The van der Waals surface area contributed by atoms with Gasteiger partial charge in [-0.2, -0.15) is 0 Å². The number of thioether (sulfide) groups is 1. The third kappa shape index (κ3) is 7.47. The predicted molar refractivity (Wildman–Crippen MR) is 156 cm³/mol. The molecule has 2 atom stereocenters. The van der Waals surface area contributed by atoms with E-state index in [0.717, 1.165) is 16.0 Å². The van der Waals surface area contributed by atoms with Gasteiger partial charge < -0.3 is 24.8 Å². The van der Waals surface area contributed by atoms with Crippen molar-refractivity contribution in [1.29, 1.82) is 0 Å². The van der Waals surface area contributed by atoms with E-state index in [4.69, 9.17) is 14.2 Å². The van der Waals surface area contributed by atoms with Crippen molar-refractivity contribution in [2.45, 2.75) is 57.4 Å². The van der Waals surface area contributed by atoms with Gasteiger partial charge in [-0.15, -0.1) is 11.8 Å². The molecule has 3 rings (SSSR count). The lowest BCUT2D eigenvalue weighted by Gasteiger charge is -2.32. The normalized spacial score (nSPS) is 15.7. The van der Waals surface area contributed by atoms with Crippen LogP contribution in [0.15, 0.2) is 76.0 Å². The number of amides is 1. The monoisotopic (exact) mass is 566 g/mol. The van der Waals surface area contributed by atoms with E-state index >= 15 is 0 Å². The Morgan fingerprint density at radius 2 is 1.65 bits per heavy atom. The predicted octanol–water partition coefficient (Wildman–Crippen LogP) is 5.42. The zero-order valence-corrected chi connectivity index (χ0v) is 24.8. The maximum Gasteiger partial charge on any atom is 0.336 e. The van der Waals surface area contributed by atoms with Crippen molar-refractivity contribution < 1.29 is 28.6 Å². The second-order valence-corrected chi connectivity index (χ2v) is 10.2. The van der Waals surface area contributed by atoms with Crippen LogP contribution in [0.1, 0.15) is 63.6 Å². The molecular formula is C31H38N2O6S. The van der Waals surface area contributed by atoms with Crippen LogP contribution in [0.25, 0.3) is 0 Å². The van der Waals surface area contributed by atoms with E-state index in [-0.39, 0.29) is 25.2 Å². The molecule has 0 saturated carbocycles. The molecule has 1 amide bonds. The maximum absolute atomic E-state index is 13.6. The molecule has 2 unspecified atom stereocenters. The quantitative estimate of drug-likeness (QED) is 0.260. The van der Waals surface area contributed by atoms with Crippen LogP contribution in [0.2, 0.25) is 0 Å². The first-order chi connectivity index (χ1) is 19.2. The lowest BCUT2D eigenvalue weighted by Crippen LogP contribution is -2.34. The smallest absolute Gasteiger partial charge is 0.336 e. The minimum atomic E-state index is -0.679. The number of carbonyl (C=O) groups is 3.